The molecule has 1 heterocycles. The minimum absolute atomic E-state index is 0.556. The number of aliphatic imine (C=N–C) groups is 1. The summed E-state index contributed by atoms with van der Waals surface area (Å²) in [6, 6.07) is 11.2. The molecule has 0 aliphatic rings. The third kappa shape index (κ3) is 5.76. The molecule has 2 nitrogen and oxygen atoms in total. The Labute approximate surface area is 122 Å². The van der Waals surface area contributed by atoms with Crippen molar-refractivity contribution in [1.82, 2.24) is 4.98 Å². The summed E-state index contributed by atoms with van der Waals surface area (Å²) in [5.41, 5.74) is 1.60. The summed E-state index contributed by atoms with van der Waals surface area (Å²) < 4.78 is 0. The second-order valence-corrected chi connectivity index (χ2v) is 5.83. The second kappa shape index (κ2) is 8.79. The summed E-state index contributed by atoms with van der Waals surface area (Å²) in [6.07, 6.45) is 3.43. The van der Waals surface area contributed by atoms with E-state index in [2.05, 4.69) is 9.98 Å². The van der Waals surface area contributed by atoms with Crippen molar-refractivity contribution in [2.45, 2.75) is 0 Å². The molecule has 2 rings (SSSR count). The van der Waals surface area contributed by atoms with E-state index in [4.69, 9.17) is 30.2 Å². The van der Waals surface area contributed by atoms with Crippen molar-refractivity contribution in [2.24, 2.45) is 4.99 Å². The summed E-state index contributed by atoms with van der Waals surface area (Å²) in [7, 11) is 9.78. The molecule has 0 fully saturated rings. The van der Waals surface area contributed by atoms with E-state index in [0.717, 1.165) is 11.4 Å². The minimum atomic E-state index is -0.556. The molecule has 17 heavy (non-hydrogen) atoms. The molecule has 2 aromatic rings. The zero-order valence-electron chi connectivity index (χ0n) is 8.65. The van der Waals surface area contributed by atoms with Gasteiger partial charge in [0.1, 0.15) is 0 Å². The van der Waals surface area contributed by atoms with Crippen LogP contribution in [0, 0.1) is 0 Å². The van der Waals surface area contributed by atoms with Gasteiger partial charge in [-0.05, 0) is 12.1 Å². The summed E-state index contributed by atoms with van der Waals surface area (Å²) in [4.78, 5) is 8.30. The van der Waals surface area contributed by atoms with E-state index in [1.807, 2.05) is 36.4 Å². The molecule has 0 N–H and O–H groups in total. The van der Waals surface area contributed by atoms with Gasteiger partial charge in [0.15, 0.2) is 0 Å². The Hall–Kier alpha value is -0.246. The number of halogens is 3. The predicted molar refractivity (Wildman–Crippen MR) is 70.2 cm³/mol. The Bertz CT molecular complexity index is 457. The van der Waals surface area contributed by atoms with Crippen LogP contribution in [0.2, 0.25) is 5.02 Å². The van der Waals surface area contributed by atoms with Gasteiger partial charge in [0, 0.05) is 6.21 Å². The van der Waals surface area contributed by atoms with E-state index in [0.29, 0.717) is 5.02 Å². The van der Waals surface area contributed by atoms with Crippen LogP contribution in [0.25, 0.3) is 0 Å². The molecule has 0 radical (unpaired) electrons. The zero-order chi connectivity index (χ0) is 12.5. The molecular formula is C11H8Cl3N2Ti-. The zero-order valence-corrected chi connectivity index (χ0v) is 12.5. The van der Waals surface area contributed by atoms with Crippen LogP contribution in [0.4, 0.5) is 5.69 Å². The van der Waals surface area contributed by atoms with Crippen LogP contribution in [-0.2, 0) is 17.0 Å². The summed E-state index contributed by atoms with van der Waals surface area (Å²) in [6.45, 7) is 0. The maximum absolute atomic E-state index is 5.93. The van der Waals surface area contributed by atoms with Crippen LogP contribution in [-0.4, -0.2) is 6.21 Å². The molecular weight excluding hydrogens is 314 g/mol. The van der Waals surface area contributed by atoms with E-state index in [1.54, 1.807) is 12.4 Å². The van der Waals surface area contributed by atoms with Gasteiger partial charge in [-0.2, -0.15) is 6.20 Å². The molecule has 1 aromatic heterocycles. The van der Waals surface area contributed by atoms with E-state index < -0.39 is 17.0 Å². The maximum atomic E-state index is 5.93. The average Bonchev–Trinajstić information content (AvgIpc) is 2.82. The second-order valence-electron chi connectivity index (χ2n) is 2.84. The van der Waals surface area contributed by atoms with Gasteiger partial charge in [-0.1, -0.05) is 35.9 Å². The van der Waals surface area contributed by atoms with E-state index in [-0.39, 0.29) is 0 Å². The normalized spacial score (nSPS) is 9.82. The van der Waals surface area contributed by atoms with E-state index in [1.165, 1.54) is 0 Å². The van der Waals surface area contributed by atoms with Crippen molar-refractivity contribution >= 4 is 42.1 Å². The predicted octanol–water partition coefficient (Wildman–Crippen LogP) is 4.42. The first kappa shape index (κ1) is 14.8. The number of hydrogen-bond donors (Lipinski definition) is 0. The van der Waals surface area contributed by atoms with Gasteiger partial charge in [-0.25, -0.2) is 0 Å². The van der Waals surface area contributed by atoms with Crippen LogP contribution < -0.4 is 4.98 Å². The molecule has 6 heteroatoms. The van der Waals surface area contributed by atoms with Gasteiger partial charge in [0.25, 0.3) is 0 Å². The van der Waals surface area contributed by atoms with Gasteiger partial charge in [0.2, 0.25) is 0 Å². The first-order valence-corrected chi connectivity index (χ1v) is 9.28. The number of nitrogens with zero attached hydrogens (tertiary/aromatic N) is 2. The quantitative estimate of drug-likeness (QED) is 0.593. The standard InChI is InChI=1S/C11H8ClN2.2ClH.Ti/c12-10-5-1-2-6-11(10)14-8-9-4-3-7-13-9;;;/h1-8H;2*1H;/q-1;;;+2/p-2. The molecule has 0 spiro atoms. The SMILES string of the molecule is Clc1ccccc1N=Cc1ccc[n-]1.[Cl][Ti][Cl]. The van der Waals surface area contributed by atoms with Crippen molar-refractivity contribution in [2.75, 3.05) is 0 Å². The molecule has 0 aliphatic heterocycles. The summed E-state index contributed by atoms with van der Waals surface area (Å²) in [5.74, 6) is 0. The summed E-state index contributed by atoms with van der Waals surface area (Å²) >= 11 is 5.37. The van der Waals surface area contributed by atoms with Gasteiger partial charge >= 0.3 is 35.6 Å². The number of benzene rings is 1. The van der Waals surface area contributed by atoms with Gasteiger partial charge in [0.05, 0.1) is 10.7 Å². The first-order chi connectivity index (χ1) is 8.27. The van der Waals surface area contributed by atoms with Gasteiger partial charge < -0.3 is 4.98 Å². The molecule has 1 aromatic carbocycles. The van der Waals surface area contributed by atoms with Crippen LogP contribution in [0.15, 0.2) is 47.6 Å². The van der Waals surface area contributed by atoms with Crippen LogP contribution in [0.1, 0.15) is 5.69 Å². The number of para-hydroxylation sites is 1. The molecule has 0 unspecified atom stereocenters. The van der Waals surface area contributed by atoms with Crippen molar-refractivity contribution in [3.8, 4) is 0 Å². The van der Waals surface area contributed by atoms with Crippen molar-refractivity contribution in [1.29, 1.82) is 0 Å². The Kier molecular flexibility index (Phi) is 7.66. The third-order valence-electron chi connectivity index (χ3n) is 1.77. The Balaban J connectivity index is 0.000000437. The molecule has 0 saturated heterocycles. The molecule has 0 amide bonds. The van der Waals surface area contributed by atoms with E-state index in [9.17, 15) is 0 Å². The first-order valence-electron chi connectivity index (χ1n) is 4.60. The fourth-order valence-corrected chi connectivity index (χ4v) is 1.27. The van der Waals surface area contributed by atoms with Crippen LogP contribution in [0.3, 0.4) is 0 Å². The Morgan fingerprint density at radius 1 is 1.12 bits per heavy atom. The number of hydrogen-bond acceptors (Lipinski definition) is 1. The molecule has 0 atom stereocenters. The molecule has 0 saturated carbocycles. The molecule has 0 bridgehead atoms. The average molecular weight is 322 g/mol. The fraction of sp³-hybridized carbons (Fsp3) is 0. The van der Waals surface area contributed by atoms with Crippen molar-refractivity contribution in [3.63, 3.8) is 0 Å². The number of rotatable bonds is 2. The van der Waals surface area contributed by atoms with Crippen LogP contribution >= 0.6 is 30.2 Å². The van der Waals surface area contributed by atoms with E-state index >= 15 is 0 Å². The molecule has 0 aliphatic carbocycles. The topological polar surface area (TPSA) is 26.5 Å². The molecule has 88 valence electrons. The summed E-state index contributed by atoms with van der Waals surface area (Å²) in [5, 5.41) is 0.648. The Morgan fingerprint density at radius 2 is 1.82 bits per heavy atom. The van der Waals surface area contributed by atoms with Crippen LogP contribution in [0.5, 0.6) is 0 Å². The van der Waals surface area contributed by atoms with Crippen molar-refractivity contribution in [3.05, 3.63) is 53.3 Å². The Morgan fingerprint density at radius 3 is 2.41 bits per heavy atom. The third-order valence-corrected chi connectivity index (χ3v) is 2.08. The monoisotopic (exact) mass is 321 g/mol. The fourth-order valence-electron chi connectivity index (χ4n) is 1.08. The van der Waals surface area contributed by atoms with Gasteiger partial charge in [-0.15, -0.1) is 5.69 Å². The number of aromatic nitrogens is 1. The van der Waals surface area contributed by atoms with Crippen molar-refractivity contribution < 1.29 is 17.0 Å². The van der Waals surface area contributed by atoms with Gasteiger partial charge in [-0.3, -0.25) is 4.99 Å².